The van der Waals surface area contributed by atoms with Gasteiger partial charge in [-0.1, -0.05) is 6.07 Å². The highest BCUT2D eigenvalue weighted by Gasteiger charge is 2.24. The third-order valence-corrected chi connectivity index (χ3v) is 5.90. The average molecular weight is 400 g/mol. The molecule has 30 heavy (non-hydrogen) atoms. The van der Waals surface area contributed by atoms with E-state index >= 15 is 0 Å². The molecule has 0 amide bonds. The van der Waals surface area contributed by atoms with E-state index in [1.165, 1.54) is 6.42 Å². The second kappa shape index (κ2) is 7.50. The molecule has 0 spiro atoms. The molecule has 1 atom stereocenters. The zero-order chi connectivity index (χ0) is 20.7. The largest absolute Gasteiger partial charge is 0.369 e. The van der Waals surface area contributed by atoms with Crippen LogP contribution in [0, 0.1) is 6.92 Å². The van der Waals surface area contributed by atoms with Crippen LogP contribution < -0.4 is 4.90 Å². The maximum absolute atomic E-state index is 4.92. The van der Waals surface area contributed by atoms with Crippen LogP contribution in [-0.4, -0.2) is 63.3 Å². The number of anilines is 1. The summed E-state index contributed by atoms with van der Waals surface area (Å²) in [6, 6.07) is 12.6. The third-order valence-electron chi connectivity index (χ3n) is 5.90. The summed E-state index contributed by atoms with van der Waals surface area (Å²) in [4.78, 5) is 18.9. The highest BCUT2D eigenvalue weighted by Crippen LogP contribution is 2.30. The Morgan fingerprint density at radius 1 is 1.07 bits per heavy atom. The van der Waals surface area contributed by atoms with Crippen molar-refractivity contribution < 1.29 is 0 Å². The number of aromatic amines is 1. The molecule has 1 aliphatic heterocycles. The van der Waals surface area contributed by atoms with Gasteiger partial charge in [0.15, 0.2) is 0 Å². The Kier molecular flexibility index (Phi) is 4.67. The summed E-state index contributed by atoms with van der Waals surface area (Å²) in [6.07, 6.45) is 4.92. The molecule has 5 heterocycles. The van der Waals surface area contributed by atoms with E-state index in [1.807, 2.05) is 49.6 Å². The molecule has 0 bridgehead atoms. The van der Waals surface area contributed by atoms with Gasteiger partial charge in [-0.05, 0) is 57.3 Å². The Morgan fingerprint density at radius 2 is 1.97 bits per heavy atom. The smallest absolute Gasteiger partial charge is 0.0928 e. The summed E-state index contributed by atoms with van der Waals surface area (Å²) < 4.78 is 0. The molecule has 4 aromatic heterocycles. The molecule has 152 valence electrons. The molecule has 1 fully saturated rings. The monoisotopic (exact) mass is 399 g/mol. The molecule has 0 saturated carbocycles. The molecule has 4 aromatic rings. The number of likely N-dealkylation sites (N-methyl/N-ethyl adjacent to an activating group) is 2. The molecule has 1 unspecified atom stereocenters. The predicted octanol–water partition coefficient (Wildman–Crippen LogP) is 3.53. The zero-order valence-electron chi connectivity index (χ0n) is 17.5. The Hall–Kier alpha value is -3.32. The molecule has 1 saturated heterocycles. The van der Waals surface area contributed by atoms with E-state index in [0.717, 1.165) is 58.1 Å². The van der Waals surface area contributed by atoms with Crippen LogP contribution in [0.15, 0.2) is 48.8 Å². The predicted molar refractivity (Wildman–Crippen MR) is 119 cm³/mol. The Balaban J connectivity index is 1.52. The van der Waals surface area contributed by atoms with Crippen molar-refractivity contribution >= 4 is 16.7 Å². The third kappa shape index (κ3) is 3.41. The lowest BCUT2D eigenvalue weighted by Gasteiger charge is -2.26. The standard InChI is InChI=1S/C23H25N7/c1-15-5-4-6-21(26-15)23-18(13-25-28-23)19-7-8-20-22(27-19)11-17(12-24-20)30(3)16-9-10-29(2)14-16/h4-8,11-13,16H,9-10,14H2,1-3H3,(H,25,28). The van der Waals surface area contributed by atoms with Crippen LogP contribution in [-0.2, 0) is 0 Å². The van der Waals surface area contributed by atoms with E-state index in [9.17, 15) is 0 Å². The van der Waals surface area contributed by atoms with Crippen molar-refractivity contribution in [3.63, 3.8) is 0 Å². The van der Waals surface area contributed by atoms with Crippen LogP contribution in [0.25, 0.3) is 33.7 Å². The highest BCUT2D eigenvalue weighted by molar-refractivity contribution is 5.84. The highest BCUT2D eigenvalue weighted by atomic mass is 15.2. The number of pyridine rings is 3. The molecule has 7 heteroatoms. The fourth-order valence-electron chi connectivity index (χ4n) is 4.14. The van der Waals surface area contributed by atoms with Gasteiger partial charge in [-0.25, -0.2) is 4.98 Å². The summed E-state index contributed by atoms with van der Waals surface area (Å²) in [5.41, 5.74) is 7.37. The Labute approximate surface area is 175 Å². The zero-order valence-corrected chi connectivity index (χ0v) is 17.5. The summed E-state index contributed by atoms with van der Waals surface area (Å²) in [7, 11) is 4.32. The van der Waals surface area contributed by atoms with Gasteiger partial charge in [0.1, 0.15) is 0 Å². The van der Waals surface area contributed by atoms with E-state index in [2.05, 4.69) is 50.1 Å². The van der Waals surface area contributed by atoms with E-state index in [4.69, 9.17) is 4.98 Å². The maximum atomic E-state index is 4.92. The number of rotatable bonds is 4. The molecule has 7 nitrogen and oxygen atoms in total. The van der Waals surface area contributed by atoms with Crippen molar-refractivity contribution in [2.24, 2.45) is 0 Å². The number of H-pyrrole nitrogens is 1. The molecule has 0 aromatic carbocycles. The van der Waals surface area contributed by atoms with Crippen molar-refractivity contribution in [3.8, 4) is 22.6 Å². The molecule has 0 radical (unpaired) electrons. The normalized spacial score (nSPS) is 17.0. The second-order valence-corrected chi connectivity index (χ2v) is 8.07. The first-order valence-electron chi connectivity index (χ1n) is 10.2. The lowest BCUT2D eigenvalue weighted by Crippen LogP contribution is -2.33. The van der Waals surface area contributed by atoms with Gasteiger partial charge < -0.3 is 9.80 Å². The fraction of sp³-hybridized carbons (Fsp3) is 0.304. The van der Waals surface area contributed by atoms with Crippen LogP contribution in [0.1, 0.15) is 12.1 Å². The minimum atomic E-state index is 0.505. The SMILES string of the molecule is Cc1cccc(-c2[nH]ncc2-c2ccc3ncc(N(C)C4CCN(C)C4)cc3n2)n1. The number of hydrogen-bond donors (Lipinski definition) is 1. The van der Waals surface area contributed by atoms with Gasteiger partial charge in [0, 0.05) is 30.9 Å². The van der Waals surface area contributed by atoms with Crippen LogP contribution in [0.3, 0.4) is 0 Å². The first-order chi connectivity index (χ1) is 14.6. The van der Waals surface area contributed by atoms with Gasteiger partial charge in [0.25, 0.3) is 0 Å². The van der Waals surface area contributed by atoms with E-state index in [0.29, 0.717) is 6.04 Å². The number of nitrogens with zero attached hydrogens (tertiary/aromatic N) is 6. The Morgan fingerprint density at radius 3 is 2.77 bits per heavy atom. The quantitative estimate of drug-likeness (QED) is 0.566. The van der Waals surface area contributed by atoms with Gasteiger partial charge in [-0.2, -0.15) is 5.10 Å². The summed E-state index contributed by atoms with van der Waals surface area (Å²) in [5, 5.41) is 7.34. The topological polar surface area (TPSA) is 73.8 Å². The second-order valence-electron chi connectivity index (χ2n) is 8.07. The van der Waals surface area contributed by atoms with Crippen molar-refractivity contribution in [2.75, 3.05) is 32.1 Å². The maximum Gasteiger partial charge on any atom is 0.0928 e. The lowest BCUT2D eigenvalue weighted by atomic mass is 10.1. The number of hydrogen-bond acceptors (Lipinski definition) is 6. The number of likely N-dealkylation sites (tertiary alicyclic amines) is 1. The number of aromatic nitrogens is 5. The van der Waals surface area contributed by atoms with Crippen molar-refractivity contribution in [2.45, 2.75) is 19.4 Å². The van der Waals surface area contributed by atoms with Crippen molar-refractivity contribution in [1.29, 1.82) is 0 Å². The minimum Gasteiger partial charge on any atom is -0.369 e. The summed E-state index contributed by atoms with van der Waals surface area (Å²) in [5.74, 6) is 0. The summed E-state index contributed by atoms with van der Waals surface area (Å²) in [6.45, 7) is 4.19. The molecule has 0 aliphatic carbocycles. The first kappa shape index (κ1) is 18.7. The van der Waals surface area contributed by atoms with Crippen molar-refractivity contribution in [1.82, 2.24) is 30.0 Å². The number of fused-ring (bicyclic) bond motifs is 1. The van der Waals surface area contributed by atoms with Gasteiger partial charge in [0.2, 0.25) is 0 Å². The van der Waals surface area contributed by atoms with Gasteiger partial charge in [-0.15, -0.1) is 0 Å². The average Bonchev–Trinajstić information content (AvgIpc) is 3.42. The lowest BCUT2D eigenvalue weighted by molar-refractivity contribution is 0.409. The van der Waals surface area contributed by atoms with Gasteiger partial charge in [0.05, 0.1) is 46.2 Å². The molecular weight excluding hydrogens is 374 g/mol. The van der Waals surface area contributed by atoms with E-state index in [1.54, 1.807) is 0 Å². The molecule has 5 rings (SSSR count). The molecule has 1 aliphatic rings. The summed E-state index contributed by atoms with van der Waals surface area (Å²) >= 11 is 0. The van der Waals surface area contributed by atoms with E-state index < -0.39 is 0 Å². The van der Waals surface area contributed by atoms with Crippen LogP contribution in [0.5, 0.6) is 0 Å². The minimum absolute atomic E-state index is 0.505. The number of aryl methyl sites for hydroxylation is 1. The van der Waals surface area contributed by atoms with Crippen LogP contribution in [0.2, 0.25) is 0 Å². The van der Waals surface area contributed by atoms with Crippen molar-refractivity contribution in [3.05, 3.63) is 54.5 Å². The van der Waals surface area contributed by atoms with Gasteiger partial charge in [-0.3, -0.25) is 15.1 Å². The van der Waals surface area contributed by atoms with Crippen LogP contribution >= 0.6 is 0 Å². The molecular formula is C23H25N7. The van der Waals surface area contributed by atoms with E-state index in [-0.39, 0.29) is 0 Å². The first-order valence-corrected chi connectivity index (χ1v) is 10.2. The Bertz CT molecular complexity index is 1200. The number of nitrogens with one attached hydrogen (secondary N) is 1. The van der Waals surface area contributed by atoms with Gasteiger partial charge >= 0.3 is 0 Å². The fourth-order valence-corrected chi connectivity index (χ4v) is 4.14. The van der Waals surface area contributed by atoms with Crippen LogP contribution in [0.4, 0.5) is 5.69 Å². The molecule has 1 N–H and O–H groups in total.